The number of hydrogen-bond acceptors (Lipinski definition) is 4. The molecule has 0 atom stereocenters. The Kier molecular flexibility index (Phi) is 3.30. The van der Waals surface area contributed by atoms with Crippen LogP contribution in [0.2, 0.25) is 0 Å². The van der Waals surface area contributed by atoms with Crippen molar-refractivity contribution in [2.45, 2.75) is 0 Å². The molecular weight excluding hydrogens is 256 g/mol. The number of carbonyl (C=O) groups is 2. The summed E-state index contributed by atoms with van der Waals surface area (Å²) in [5.41, 5.74) is 23.8. The highest BCUT2D eigenvalue weighted by atomic mass is 16.2. The van der Waals surface area contributed by atoms with Gasteiger partial charge in [-0.1, -0.05) is 18.2 Å². The van der Waals surface area contributed by atoms with Gasteiger partial charge in [-0.05, 0) is 29.3 Å². The van der Waals surface area contributed by atoms with Gasteiger partial charge < -0.3 is 22.9 Å². The summed E-state index contributed by atoms with van der Waals surface area (Å²) in [6.07, 6.45) is 0. The van der Waals surface area contributed by atoms with Crippen LogP contribution in [0.5, 0.6) is 0 Å². The Morgan fingerprint density at radius 2 is 1.30 bits per heavy atom. The molecule has 0 aromatic heterocycles. The van der Waals surface area contributed by atoms with Crippen molar-refractivity contribution >= 4 is 23.2 Å². The van der Waals surface area contributed by atoms with Crippen molar-refractivity contribution in [2.75, 3.05) is 11.5 Å². The van der Waals surface area contributed by atoms with E-state index in [1.54, 1.807) is 30.3 Å². The van der Waals surface area contributed by atoms with Crippen molar-refractivity contribution < 1.29 is 9.59 Å². The van der Waals surface area contributed by atoms with Crippen LogP contribution in [0.25, 0.3) is 11.1 Å². The predicted octanol–water partition coefficient (Wildman–Crippen LogP) is 0.716. The van der Waals surface area contributed by atoms with Crippen molar-refractivity contribution in [1.82, 2.24) is 0 Å². The quantitative estimate of drug-likeness (QED) is 0.610. The molecule has 0 aliphatic carbocycles. The van der Waals surface area contributed by atoms with Crippen LogP contribution in [-0.4, -0.2) is 11.8 Å². The van der Waals surface area contributed by atoms with E-state index >= 15 is 0 Å². The maximum Gasteiger partial charge on any atom is 0.251 e. The van der Waals surface area contributed by atoms with Crippen LogP contribution in [0.15, 0.2) is 36.4 Å². The van der Waals surface area contributed by atoms with E-state index in [1.165, 1.54) is 6.07 Å². The molecule has 102 valence electrons. The average Bonchev–Trinajstić information content (AvgIpc) is 2.39. The predicted molar refractivity (Wildman–Crippen MR) is 77.7 cm³/mol. The molecule has 0 aliphatic rings. The van der Waals surface area contributed by atoms with E-state index in [1.807, 2.05) is 0 Å². The minimum atomic E-state index is -0.798. The number of benzene rings is 2. The fraction of sp³-hybridized carbons (Fsp3) is 0. The third kappa shape index (κ3) is 2.26. The topological polar surface area (TPSA) is 138 Å². The van der Waals surface area contributed by atoms with Crippen LogP contribution in [0, 0.1) is 0 Å². The molecule has 2 aromatic carbocycles. The molecule has 0 saturated heterocycles. The first kappa shape index (κ1) is 13.4. The highest BCUT2D eigenvalue weighted by Gasteiger charge is 2.21. The van der Waals surface area contributed by atoms with Gasteiger partial charge in [0.25, 0.3) is 5.91 Å². The number of rotatable bonds is 3. The van der Waals surface area contributed by atoms with E-state index in [4.69, 9.17) is 22.9 Å². The van der Waals surface area contributed by atoms with Crippen LogP contribution < -0.4 is 22.9 Å². The number of primary amides is 2. The van der Waals surface area contributed by atoms with E-state index in [0.29, 0.717) is 16.8 Å². The van der Waals surface area contributed by atoms with Gasteiger partial charge in [0.05, 0.1) is 11.1 Å². The normalized spacial score (nSPS) is 10.2. The van der Waals surface area contributed by atoms with Crippen molar-refractivity contribution in [2.24, 2.45) is 11.5 Å². The maximum atomic E-state index is 11.7. The minimum absolute atomic E-state index is 0.0160. The van der Waals surface area contributed by atoms with Crippen molar-refractivity contribution in [3.8, 4) is 11.1 Å². The summed E-state index contributed by atoms with van der Waals surface area (Å²) in [5, 5.41) is 0. The minimum Gasteiger partial charge on any atom is -0.399 e. The summed E-state index contributed by atoms with van der Waals surface area (Å²) in [4.78, 5) is 23.2. The van der Waals surface area contributed by atoms with Gasteiger partial charge >= 0.3 is 0 Å². The average molecular weight is 270 g/mol. The lowest BCUT2D eigenvalue weighted by molar-refractivity contribution is 0.0968. The van der Waals surface area contributed by atoms with E-state index in [0.717, 1.165) is 0 Å². The van der Waals surface area contributed by atoms with E-state index in [9.17, 15) is 9.59 Å². The van der Waals surface area contributed by atoms with E-state index < -0.39 is 11.8 Å². The third-order valence-electron chi connectivity index (χ3n) is 2.95. The van der Waals surface area contributed by atoms with Gasteiger partial charge in [0.2, 0.25) is 5.91 Å². The Bertz CT molecular complexity index is 693. The van der Waals surface area contributed by atoms with Crippen molar-refractivity contribution in [1.29, 1.82) is 0 Å². The maximum absolute atomic E-state index is 11.7. The van der Waals surface area contributed by atoms with Crippen molar-refractivity contribution in [3.05, 3.63) is 47.5 Å². The van der Waals surface area contributed by atoms with Crippen LogP contribution >= 0.6 is 0 Å². The first-order chi connectivity index (χ1) is 9.41. The Labute approximate surface area is 115 Å². The fourth-order valence-corrected chi connectivity index (χ4v) is 2.04. The van der Waals surface area contributed by atoms with Crippen LogP contribution in [-0.2, 0) is 0 Å². The monoisotopic (exact) mass is 270 g/mol. The smallest absolute Gasteiger partial charge is 0.251 e. The molecule has 0 fully saturated rings. The highest BCUT2D eigenvalue weighted by Crippen LogP contribution is 2.30. The van der Waals surface area contributed by atoms with Gasteiger partial charge in [-0.15, -0.1) is 0 Å². The molecule has 0 aliphatic heterocycles. The number of carbonyl (C=O) groups excluding carboxylic acids is 2. The van der Waals surface area contributed by atoms with Gasteiger partial charge in [0.15, 0.2) is 0 Å². The largest absolute Gasteiger partial charge is 0.399 e. The standard InChI is InChI=1S/C14H14N4O2/c15-8-3-1-7(2-4-8)9-5-6-10(16)12(14(18)20)11(9)13(17)19/h1-6H,15-16H2,(H2,17,19)(H2,18,20). The first-order valence-electron chi connectivity index (χ1n) is 5.79. The third-order valence-corrected chi connectivity index (χ3v) is 2.95. The lowest BCUT2D eigenvalue weighted by Crippen LogP contribution is -2.23. The second-order valence-electron chi connectivity index (χ2n) is 4.30. The Hall–Kier alpha value is -3.02. The molecule has 2 aromatic rings. The van der Waals surface area contributed by atoms with Crippen LogP contribution in [0.3, 0.4) is 0 Å². The molecule has 6 heteroatoms. The summed E-state index contributed by atoms with van der Waals surface area (Å²) in [6, 6.07) is 9.93. The number of nitrogens with two attached hydrogens (primary N) is 4. The molecule has 0 spiro atoms. The highest BCUT2D eigenvalue weighted by molar-refractivity contribution is 6.13. The summed E-state index contributed by atoms with van der Waals surface area (Å²) < 4.78 is 0. The molecule has 8 N–H and O–H groups in total. The molecule has 0 heterocycles. The lowest BCUT2D eigenvalue weighted by atomic mass is 9.93. The molecular formula is C14H14N4O2. The Morgan fingerprint density at radius 1 is 0.750 bits per heavy atom. The first-order valence-corrected chi connectivity index (χ1v) is 5.79. The molecule has 2 amide bonds. The van der Waals surface area contributed by atoms with Crippen LogP contribution in [0.1, 0.15) is 20.7 Å². The second kappa shape index (κ2) is 4.93. The summed E-state index contributed by atoms with van der Waals surface area (Å²) in [5.74, 6) is -1.56. The zero-order valence-corrected chi connectivity index (χ0v) is 10.6. The summed E-state index contributed by atoms with van der Waals surface area (Å²) >= 11 is 0. The van der Waals surface area contributed by atoms with E-state index in [-0.39, 0.29) is 16.8 Å². The molecule has 20 heavy (non-hydrogen) atoms. The second-order valence-corrected chi connectivity index (χ2v) is 4.30. The fourth-order valence-electron chi connectivity index (χ4n) is 2.04. The zero-order valence-electron chi connectivity index (χ0n) is 10.6. The molecule has 6 nitrogen and oxygen atoms in total. The summed E-state index contributed by atoms with van der Waals surface area (Å²) in [7, 11) is 0. The van der Waals surface area contributed by atoms with Gasteiger partial charge in [0, 0.05) is 11.4 Å². The van der Waals surface area contributed by atoms with E-state index in [2.05, 4.69) is 0 Å². The van der Waals surface area contributed by atoms with Gasteiger partial charge in [-0.3, -0.25) is 9.59 Å². The lowest BCUT2D eigenvalue weighted by Gasteiger charge is -2.13. The van der Waals surface area contributed by atoms with Gasteiger partial charge in [-0.25, -0.2) is 0 Å². The number of anilines is 2. The molecule has 0 saturated carbocycles. The zero-order chi connectivity index (χ0) is 14.9. The molecule has 0 bridgehead atoms. The number of hydrogen-bond donors (Lipinski definition) is 4. The molecule has 0 radical (unpaired) electrons. The molecule has 0 unspecified atom stereocenters. The van der Waals surface area contributed by atoms with Gasteiger partial charge in [-0.2, -0.15) is 0 Å². The molecule has 2 rings (SSSR count). The summed E-state index contributed by atoms with van der Waals surface area (Å²) in [6.45, 7) is 0. The Morgan fingerprint density at radius 3 is 1.80 bits per heavy atom. The Balaban J connectivity index is 2.77. The number of nitrogen functional groups attached to an aromatic ring is 2. The van der Waals surface area contributed by atoms with Gasteiger partial charge in [0.1, 0.15) is 0 Å². The van der Waals surface area contributed by atoms with Crippen molar-refractivity contribution in [3.63, 3.8) is 0 Å². The number of amides is 2. The van der Waals surface area contributed by atoms with Crippen LogP contribution in [0.4, 0.5) is 11.4 Å². The SMILES string of the molecule is NC(=O)c1c(N)ccc(-c2ccc(N)cc2)c1C(N)=O.